The number of rotatable bonds is 3. The molecule has 2 atom stereocenters. The topological polar surface area (TPSA) is 38.0 Å². The van der Waals surface area contributed by atoms with Crippen molar-refractivity contribution in [3.8, 4) is 0 Å². The zero-order valence-electron chi connectivity index (χ0n) is 10.2. The fraction of sp³-hybridized carbons (Fsp3) is 0.200. The second kappa shape index (κ2) is 4.85. The number of hydrogen-bond donors (Lipinski definition) is 2. The minimum Gasteiger partial charge on any atom is -0.397 e. The fourth-order valence-electron chi connectivity index (χ4n) is 2.31. The van der Waals surface area contributed by atoms with E-state index in [1.54, 1.807) is 6.07 Å². The molecule has 0 spiro atoms. The molecule has 0 bridgehead atoms. The summed E-state index contributed by atoms with van der Waals surface area (Å²) in [5, 5.41) is 3.31. The number of nitrogen functional groups attached to an aromatic ring is 1. The summed E-state index contributed by atoms with van der Waals surface area (Å²) in [6.45, 7) is 0. The third-order valence-electron chi connectivity index (χ3n) is 3.45. The van der Waals surface area contributed by atoms with E-state index in [0.717, 1.165) is 6.42 Å². The molecule has 0 heterocycles. The lowest BCUT2D eigenvalue weighted by Crippen LogP contribution is -2.07. The normalized spacial score (nSPS) is 21.2. The molecular formula is C15H14BrFN2. The van der Waals surface area contributed by atoms with Crippen molar-refractivity contribution in [2.75, 3.05) is 11.1 Å². The number of anilines is 2. The van der Waals surface area contributed by atoms with Crippen LogP contribution in [-0.4, -0.2) is 6.04 Å². The molecule has 2 aromatic carbocycles. The third-order valence-corrected chi connectivity index (χ3v) is 4.06. The predicted octanol–water partition coefficient (Wildman–Crippen LogP) is 4.14. The van der Waals surface area contributed by atoms with Gasteiger partial charge < -0.3 is 11.1 Å². The molecule has 0 radical (unpaired) electrons. The molecule has 1 saturated carbocycles. The van der Waals surface area contributed by atoms with E-state index in [1.807, 2.05) is 18.2 Å². The molecule has 98 valence electrons. The van der Waals surface area contributed by atoms with Gasteiger partial charge >= 0.3 is 0 Å². The van der Waals surface area contributed by atoms with Gasteiger partial charge in [-0.15, -0.1) is 0 Å². The Morgan fingerprint density at radius 2 is 1.95 bits per heavy atom. The van der Waals surface area contributed by atoms with Gasteiger partial charge in [-0.3, -0.25) is 0 Å². The van der Waals surface area contributed by atoms with Crippen LogP contribution in [0.1, 0.15) is 17.9 Å². The average Bonchev–Trinajstić information content (AvgIpc) is 3.16. The fourth-order valence-corrected chi connectivity index (χ4v) is 2.67. The number of hydrogen-bond acceptors (Lipinski definition) is 2. The largest absolute Gasteiger partial charge is 0.397 e. The van der Waals surface area contributed by atoms with Gasteiger partial charge in [0, 0.05) is 18.0 Å². The first kappa shape index (κ1) is 12.5. The highest BCUT2D eigenvalue weighted by Gasteiger charge is 2.38. The maximum absolute atomic E-state index is 13.5. The Bertz CT molecular complexity index is 601. The van der Waals surface area contributed by atoms with Crippen LogP contribution in [0, 0.1) is 5.82 Å². The Kier molecular flexibility index (Phi) is 3.19. The van der Waals surface area contributed by atoms with Crippen molar-refractivity contribution in [1.82, 2.24) is 0 Å². The van der Waals surface area contributed by atoms with Gasteiger partial charge in [-0.2, -0.15) is 0 Å². The van der Waals surface area contributed by atoms with E-state index in [9.17, 15) is 4.39 Å². The molecular weight excluding hydrogens is 307 g/mol. The first-order valence-electron chi connectivity index (χ1n) is 6.21. The third kappa shape index (κ3) is 2.59. The summed E-state index contributed by atoms with van der Waals surface area (Å²) < 4.78 is 13.9. The minimum atomic E-state index is -0.298. The zero-order chi connectivity index (χ0) is 13.4. The maximum atomic E-state index is 13.5. The molecule has 0 aromatic heterocycles. The van der Waals surface area contributed by atoms with Gasteiger partial charge in [0.25, 0.3) is 0 Å². The Morgan fingerprint density at radius 3 is 2.68 bits per heavy atom. The van der Waals surface area contributed by atoms with Gasteiger partial charge in [-0.1, -0.05) is 30.3 Å². The van der Waals surface area contributed by atoms with Gasteiger partial charge in [0.1, 0.15) is 5.82 Å². The molecule has 1 aliphatic carbocycles. The number of nitrogens with one attached hydrogen (secondary N) is 1. The predicted molar refractivity (Wildman–Crippen MR) is 79.7 cm³/mol. The lowest BCUT2D eigenvalue weighted by atomic mass is 10.1. The molecule has 3 N–H and O–H groups in total. The van der Waals surface area contributed by atoms with Crippen molar-refractivity contribution >= 4 is 27.3 Å². The van der Waals surface area contributed by atoms with E-state index in [-0.39, 0.29) is 5.82 Å². The van der Waals surface area contributed by atoms with Crippen LogP contribution in [-0.2, 0) is 0 Å². The molecule has 0 saturated heterocycles. The lowest BCUT2D eigenvalue weighted by Gasteiger charge is -2.10. The number of halogens is 2. The van der Waals surface area contributed by atoms with Crippen LogP contribution in [0.15, 0.2) is 46.9 Å². The van der Waals surface area contributed by atoms with E-state index in [0.29, 0.717) is 27.8 Å². The Balaban J connectivity index is 1.73. The molecule has 0 amide bonds. The highest BCUT2D eigenvalue weighted by Crippen LogP contribution is 2.43. The van der Waals surface area contributed by atoms with E-state index in [4.69, 9.17) is 5.73 Å². The van der Waals surface area contributed by atoms with Crippen LogP contribution < -0.4 is 11.1 Å². The Hall–Kier alpha value is -1.55. The van der Waals surface area contributed by atoms with Gasteiger partial charge in [0.05, 0.1) is 15.8 Å². The Morgan fingerprint density at radius 1 is 1.21 bits per heavy atom. The molecule has 1 fully saturated rings. The van der Waals surface area contributed by atoms with E-state index in [2.05, 4.69) is 33.4 Å². The van der Waals surface area contributed by atoms with Crippen LogP contribution in [0.25, 0.3) is 0 Å². The molecule has 4 heteroatoms. The first-order chi connectivity index (χ1) is 9.15. The molecule has 2 unspecified atom stereocenters. The second-order valence-electron chi connectivity index (χ2n) is 4.86. The van der Waals surface area contributed by atoms with Gasteiger partial charge in [-0.05, 0) is 34.0 Å². The summed E-state index contributed by atoms with van der Waals surface area (Å²) in [6.07, 6.45) is 1.06. The van der Waals surface area contributed by atoms with E-state index < -0.39 is 0 Å². The second-order valence-corrected chi connectivity index (χ2v) is 5.71. The molecule has 0 aliphatic heterocycles. The molecule has 19 heavy (non-hydrogen) atoms. The van der Waals surface area contributed by atoms with Crippen LogP contribution >= 0.6 is 15.9 Å². The van der Waals surface area contributed by atoms with Crippen molar-refractivity contribution in [1.29, 1.82) is 0 Å². The molecule has 2 aromatic rings. The summed E-state index contributed by atoms with van der Waals surface area (Å²) in [7, 11) is 0. The quantitative estimate of drug-likeness (QED) is 0.834. The van der Waals surface area contributed by atoms with Crippen LogP contribution in [0.5, 0.6) is 0 Å². The molecule has 3 rings (SSSR count). The smallest absolute Gasteiger partial charge is 0.139 e. The molecule has 2 nitrogen and oxygen atoms in total. The van der Waals surface area contributed by atoms with Crippen LogP contribution in [0.2, 0.25) is 0 Å². The summed E-state index contributed by atoms with van der Waals surface area (Å²) in [4.78, 5) is 0. The average molecular weight is 321 g/mol. The van der Waals surface area contributed by atoms with Crippen molar-refractivity contribution in [3.05, 3.63) is 58.3 Å². The van der Waals surface area contributed by atoms with E-state index in [1.165, 1.54) is 11.6 Å². The van der Waals surface area contributed by atoms with E-state index >= 15 is 0 Å². The summed E-state index contributed by atoms with van der Waals surface area (Å²) in [6, 6.07) is 13.7. The van der Waals surface area contributed by atoms with Crippen molar-refractivity contribution in [2.24, 2.45) is 0 Å². The molecule has 1 aliphatic rings. The minimum absolute atomic E-state index is 0.298. The van der Waals surface area contributed by atoms with Gasteiger partial charge in [0.15, 0.2) is 0 Å². The maximum Gasteiger partial charge on any atom is 0.139 e. The summed E-state index contributed by atoms with van der Waals surface area (Å²) >= 11 is 3.13. The van der Waals surface area contributed by atoms with Crippen LogP contribution in [0.4, 0.5) is 15.8 Å². The summed E-state index contributed by atoms with van der Waals surface area (Å²) in [5.74, 6) is 0.195. The van der Waals surface area contributed by atoms with Crippen LogP contribution in [0.3, 0.4) is 0 Å². The van der Waals surface area contributed by atoms with Gasteiger partial charge in [-0.25, -0.2) is 4.39 Å². The van der Waals surface area contributed by atoms with Gasteiger partial charge in [0.2, 0.25) is 0 Å². The SMILES string of the molecule is Nc1cc(Br)c(F)cc1NC1CC1c1ccccc1. The number of nitrogens with two attached hydrogens (primary N) is 1. The standard InChI is InChI=1S/C15H14BrFN2/c16-11-7-13(18)15(8-12(11)17)19-14-6-10(14)9-4-2-1-3-5-9/h1-5,7-8,10,14,19H,6,18H2. The zero-order valence-corrected chi connectivity index (χ0v) is 11.8. The lowest BCUT2D eigenvalue weighted by molar-refractivity contribution is 0.622. The highest BCUT2D eigenvalue weighted by molar-refractivity contribution is 9.10. The monoisotopic (exact) mass is 320 g/mol. The first-order valence-corrected chi connectivity index (χ1v) is 7.00. The van der Waals surface area contributed by atoms with Crippen molar-refractivity contribution < 1.29 is 4.39 Å². The number of benzene rings is 2. The van der Waals surface area contributed by atoms with Crippen molar-refractivity contribution in [3.63, 3.8) is 0 Å². The Labute approximate surface area is 120 Å². The van der Waals surface area contributed by atoms with Crippen molar-refractivity contribution in [2.45, 2.75) is 18.4 Å². The summed E-state index contributed by atoms with van der Waals surface area (Å²) in [5.41, 5.74) is 8.44. The highest BCUT2D eigenvalue weighted by atomic mass is 79.9.